The van der Waals surface area contributed by atoms with Crippen LogP contribution in [0.4, 0.5) is 0 Å². The van der Waals surface area contributed by atoms with Gasteiger partial charge in [-0.2, -0.15) is 0 Å². The zero-order valence-electron chi connectivity index (χ0n) is 16.7. The molecule has 1 N–H and O–H groups in total. The van der Waals surface area contributed by atoms with E-state index in [-0.39, 0.29) is 12.4 Å². The summed E-state index contributed by atoms with van der Waals surface area (Å²) >= 11 is 0. The van der Waals surface area contributed by atoms with Gasteiger partial charge in [0, 0.05) is 12.0 Å². The highest BCUT2D eigenvalue weighted by molar-refractivity contribution is 5.85. The third kappa shape index (κ3) is 6.70. The zero-order valence-corrected chi connectivity index (χ0v) is 17.5. The van der Waals surface area contributed by atoms with Crippen molar-refractivity contribution in [1.82, 2.24) is 5.32 Å². The predicted molar refractivity (Wildman–Crippen MR) is 121 cm³/mol. The number of benzene rings is 3. The van der Waals surface area contributed by atoms with E-state index < -0.39 is 0 Å². The number of hydrogen-bond acceptors (Lipinski definition) is 2. The van der Waals surface area contributed by atoms with Crippen molar-refractivity contribution >= 4 is 12.4 Å². The Kier molecular flexibility index (Phi) is 9.06. The van der Waals surface area contributed by atoms with E-state index >= 15 is 0 Å². The van der Waals surface area contributed by atoms with Crippen LogP contribution in [0.25, 0.3) is 0 Å². The fourth-order valence-corrected chi connectivity index (χ4v) is 3.29. The average molecular weight is 396 g/mol. The lowest BCUT2D eigenvalue weighted by atomic mass is 9.88. The van der Waals surface area contributed by atoms with Gasteiger partial charge in [0.25, 0.3) is 0 Å². The Morgan fingerprint density at radius 3 is 1.86 bits per heavy atom. The van der Waals surface area contributed by atoms with Crippen molar-refractivity contribution in [3.63, 3.8) is 0 Å². The molecule has 3 aromatic rings. The largest absolute Gasteiger partial charge is 0.492 e. The molecule has 2 nitrogen and oxygen atoms in total. The third-order valence-electron chi connectivity index (χ3n) is 4.85. The topological polar surface area (TPSA) is 21.3 Å². The molecule has 3 heteroatoms. The summed E-state index contributed by atoms with van der Waals surface area (Å²) in [6.07, 6.45) is 1.06. The van der Waals surface area contributed by atoms with Crippen molar-refractivity contribution in [1.29, 1.82) is 0 Å². The first-order chi connectivity index (χ1) is 13.2. The van der Waals surface area contributed by atoms with Gasteiger partial charge in [-0.25, -0.2) is 0 Å². The zero-order chi connectivity index (χ0) is 18.9. The van der Waals surface area contributed by atoms with Crippen molar-refractivity contribution in [3.05, 3.63) is 102 Å². The first kappa shape index (κ1) is 22.0. The molecular weight excluding hydrogens is 366 g/mol. The first-order valence-corrected chi connectivity index (χ1v) is 9.75. The molecule has 0 radical (unpaired) electrons. The summed E-state index contributed by atoms with van der Waals surface area (Å²) in [5.41, 5.74) is 3.99. The Hall–Kier alpha value is -2.29. The van der Waals surface area contributed by atoms with E-state index in [4.69, 9.17) is 4.74 Å². The second kappa shape index (κ2) is 11.5. The average Bonchev–Trinajstić information content (AvgIpc) is 2.72. The summed E-state index contributed by atoms with van der Waals surface area (Å²) in [7, 11) is 0. The molecule has 148 valence electrons. The Bertz CT molecular complexity index is 750. The van der Waals surface area contributed by atoms with Gasteiger partial charge in [0.2, 0.25) is 0 Å². The SMILES string of the molecule is Cc1ccc(OCC(C)NCCC(c2ccccc2)c2ccccc2)cc1.Cl. The molecule has 0 amide bonds. The van der Waals surface area contributed by atoms with Crippen LogP contribution in [-0.4, -0.2) is 19.2 Å². The summed E-state index contributed by atoms with van der Waals surface area (Å²) in [5, 5.41) is 3.61. The van der Waals surface area contributed by atoms with Gasteiger partial charge >= 0.3 is 0 Å². The van der Waals surface area contributed by atoms with E-state index in [1.165, 1.54) is 16.7 Å². The van der Waals surface area contributed by atoms with Crippen LogP contribution >= 0.6 is 12.4 Å². The molecule has 0 aliphatic carbocycles. The minimum atomic E-state index is 0. The molecule has 1 unspecified atom stereocenters. The van der Waals surface area contributed by atoms with Gasteiger partial charge in [0.15, 0.2) is 0 Å². The monoisotopic (exact) mass is 395 g/mol. The number of rotatable bonds is 9. The molecule has 0 saturated heterocycles. The fraction of sp³-hybridized carbons (Fsp3) is 0.280. The molecule has 0 aliphatic heterocycles. The summed E-state index contributed by atoms with van der Waals surface area (Å²) < 4.78 is 5.89. The molecule has 0 spiro atoms. The molecule has 0 bridgehead atoms. The maximum absolute atomic E-state index is 5.89. The van der Waals surface area contributed by atoms with Gasteiger partial charge in [-0.1, -0.05) is 78.4 Å². The molecule has 0 heterocycles. The van der Waals surface area contributed by atoms with Gasteiger partial charge in [-0.05, 0) is 50.1 Å². The molecule has 3 aromatic carbocycles. The minimum Gasteiger partial charge on any atom is -0.492 e. The van der Waals surface area contributed by atoms with Crippen molar-refractivity contribution in [2.45, 2.75) is 32.2 Å². The summed E-state index contributed by atoms with van der Waals surface area (Å²) in [5.74, 6) is 1.34. The Labute approximate surface area is 175 Å². The van der Waals surface area contributed by atoms with Crippen molar-refractivity contribution < 1.29 is 4.74 Å². The van der Waals surface area contributed by atoms with Crippen LogP contribution in [0.3, 0.4) is 0 Å². The van der Waals surface area contributed by atoms with E-state index in [2.05, 4.69) is 92.0 Å². The second-order valence-electron chi connectivity index (χ2n) is 7.14. The summed E-state index contributed by atoms with van der Waals surface area (Å²) in [4.78, 5) is 0. The number of hydrogen-bond donors (Lipinski definition) is 1. The van der Waals surface area contributed by atoms with E-state index in [1.54, 1.807) is 0 Å². The van der Waals surface area contributed by atoms with E-state index in [0.717, 1.165) is 18.7 Å². The van der Waals surface area contributed by atoms with Crippen LogP contribution in [0.2, 0.25) is 0 Å². The summed E-state index contributed by atoms with van der Waals surface area (Å²) in [6, 6.07) is 30.1. The van der Waals surface area contributed by atoms with Crippen LogP contribution in [0, 0.1) is 6.92 Å². The van der Waals surface area contributed by atoms with E-state index in [9.17, 15) is 0 Å². The van der Waals surface area contributed by atoms with Crippen molar-refractivity contribution in [2.24, 2.45) is 0 Å². The Morgan fingerprint density at radius 1 is 0.786 bits per heavy atom. The first-order valence-electron chi connectivity index (χ1n) is 9.75. The normalized spacial score (nSPS) is 11.7. The highest BCUT2D eigenvalue weighted by Gasteiger charge is 2.14. The van der Waals surface area contributed by atoms with Crippen LogP contribution in [-0.2, 0) is 0 Å². The molecule has 0 fully saturated rings. The highest BCUT2D eigenvalue weighted by Crippen LogP contribution is 2.27. The lowest BCUT2D eigenvalue weighted by Crippen LogP contribution is -2.33. The van der Waals surface area contributed by atoms with Crippen molar-refractivity contribution in [2.75, 3.05) is 13.2 Å². The van der Waals surface area contributed by atoms with Gasteiger partial charge in [-0.15, -0.1) is 12.4 Å². The van der Waals surface area contributed by atoms with Crippen LogP contribution in [0.1, 0.15) is 36.0 Å². The van der Waals surface area contributed by atoms with Crippen LogP contribution < -0.4 is 10.1 Å². The molecule has 3 rings (SSSR count). The molecule has 0 saturated carbocycles. The molecular formula is C25H30ClNO. The third-order valence-corrected chi connectivity index (χ3v) is 4.85. The number of aryl methyl sites for hydroxylation is 1. The number of ether oxygens (including phenoxy) is 1. The second-order valence-corrected chi connectivity index (χ2v) is 7.14. The Morgan fingerprint density at radius 2 is 1.32 bits per heavy atom. The number of halogens is 1. The van der Waals surface area contributed by atoms with E-state index in [0.29, 0.717) is 18.6 Å². The van der Waals surface area contributed by atoms with Gasteiger partial charge in [0.05, 0.1) is 0 Å². The van der Waals surface area contributed by atoms with E-state index in [1.807, 2.05) is 12.1 Å². The lowest BCUT2D eigenvalue weighted by molar-refractivity contribution is 0.272. The maximum atomic E-state index is 5.89. The molecule has 1 atom stereocenters. The van der Waals surface area contributed by atoms with Crippen molar-refractivity contribution in [3.8, 4) is 5.75 Å². The van der Waals surface area contributed by atoms with Gasteiger partial charge < -0.3 is 10.1 Å². The van der Waals surface area contributed by atoms with Crippen LogP contribution in [0.5, 0.6) is 5.75 Å². The smallest absolute Gasteiger partial charge is 0.119 e. The highest BCUT2D eigenvalue weighted by atomic mass is 35.5. The molecule has 0 aliphatic rings. The Balaban J connectivity index is 0.00000280. The lowest BCUT2D eigenvalue weighted by Gasteiger charge is -2.20. The number of nitrogens with one attached hydrogen (secondary N) is 1. The summed E-state index contributed by atoms with van der Waals surface area (Å²) in [6.45, 7) is 5.88. The maximum Gasteiger partial charge on any atom is 0.119 e. The predicted octanol–water partition coefficient (Wildman–Crippen LogP) is 6.00. The van der Waals surface area contributed by atoms with Gasteiger partial charge in [0.1, 0.15) is 12.4 Å². The quantitative estimate of drug-likeness (QED) is 0.480. The fourth-order valence-electron chi connectivity index (χ4n) is 3.29. The minimum absolute atomic E-state index is 0. The van der Waals surface area contributed by atoms with Crippen LogP contribution in [0.15, 0.2) is 84.9 Å². The molecule has 0 aromatic heterocycles. The van der Waals surface area contributed by atoms with Gasteiger partial charge in [-0.3, -0.25) is 0 Å². The molecule has 28 heavy (non-hydrogen) atoms. The standard InChI is InChI=1S/C25H29NO.ClH/c1-20-13-15-24(16-14-20)27-19-21(2)26-18-17-25(22-9-5-3-6-10-22)23-11-7-4-8-12-23;/h3-16,21,25-26H,17-19H2,1-2H3;1H.